The van der Waals surface area contributed by atoms with Crippen molar-refractivity contribution in [2.45, 2.75) is 46.1 Å². The summed E-state index contributed by atoms with van der Waals surface area (Å²) >= 11 is 6.14. The Kier molecular flexibility index (Phi) is 5.54. The molecule has 2 fully saturated rings. The lowest BCUT2D eigenvalue weighted by Crippen LogP contribution is -2.39. The Labute approximate surface area is 171 Å². The van der Waals surface area contributed by atoms with Gasteiger partial charge in [-0.05, 0) is 42.2 Å². The van der Waals surface area contributed by atoms with Crippen LogP contribution in [0.15, 0.2) is 12.1 Å². The summed E-state index contributed by atoms with van der Waals surface area (Å²) < 4.78 is 15.6. The van der Waals surface area contributed by atoms with Crippen LogP contribution in [-0.2, 0) is 9.53 Å². The molecule has 0 N–H and O–H groups in total. The lowest BCUT2D eigenvalue weighted by atomic mass is 9.65. The molecule has 2 aliphatic rings. The first-order valence-electron chi connectivity index (χ1n) is 9.46. The SMILES string of the molecule is COc1cc(C(=O)OCC(=O)N2C[C@@]3(C)C[C@@H]2CC(C)(C)C3)cc(Cl)c1OC. The fourth-order valence-corrected chi connectivity index (χ4v) is 5.37. The van der Waals surface area contributed by atoms with Gasteiger partial charge in [0.15, 0.2) is 18.1 Å². The van der Waals surface area contributed by atoms with Crippen LogP contribution in [0.1, 0.15) is 50.4 Å². The summed E-state index contributed by atoms with van der Waals surface area (Å²) in [4.78, 5) is 27.1. The number of carbonyl (C=O) groups excluding carboxylic acids is 2. The van der Waals surface area contributed by atoms with E-state index >= 15 is 0 Å². The molecule has 1 aromatic carbocycles. The third-order valence-corrected chi connectivity index (χ3v) is 6.01. The van der Waals surface area contributed by atoms with Crippen LogP contribution < -0.4 is 9.47 Å². The molecule has 1 aliphatic carbocycles. The largest absolute Gasteiger partial charge is 0.493 e. The summed E-state index contributed by atoms with van der Waals surface area (Å²) in [5.74, 6) is -0.0926. The number of carbonyl (C=O) groups is 2. The van der Waals surface area contributed by atoms with E-state index in [0.717, 1.165) is 25.8 Å². The highest BCUT2D eigenvalue weighted by molar-refractivity contribution is 6.32. The molecule has 1 aromatic rings. The highest BCUT2D eigenvalue weighted by Gasteiger charge is 2.50. The first kappa shape index (κ1) is 20.8. The van der Waals surface area contributed by atoms with Gasteiger partial charge >= 0.3 is 5.97 Å². The minimum absolute atomic E-state index is 0.142. The predicted octanol–water partition coefficient (Wildman–Crippen LogP) is 3.94. The number of nitrogens with zero attached hydrogens (tertiary/aromatic N) is 1. The van der Waals surface area contributed by atoms with E-state index in [0.29, 0.717) is 11.5 Å². The highest BCUT2D eigenvalue weighted by Crippen LogP contribution is 2.52. The van der Waals surface area contributed by atoms with Crippen LogP contribution >= 0.6 is 11.6 Å². The van der Waals surface area contributed by atoms with Gasteiger partial charge in [0.1, 0.15) is 0 Å². The standard InChI is InChI=1S/C21H28ClNO5/c1-20(2)8-14-9-21(3,11-20)12-23(14)17(24)10-28-19(25)13-6-15(22)18(27-5)16(7-13)26-4/h6-7,14H,8-12H2,1-5H3/t14-,21-/m0/s1. The number of methoxy groups -OCH3 is 2. The normalized spacial score (nSPS) is 25.4. The van der Waals surface area contributed by atoms with E-state index < -0.39 is 5.97 Å². The molecule has 2 atom stereocenters. The van der Waals surface area contributed by atoms with E-state index in [-0.39, 0.29) is 40.0 Å². The number of ether oxygens (including phenoxy) is 3. The summed E-state index contributed by atoms with van der Waals surface area (Å²) in [6, 6.07) is 3.15. The minimum atomic E-state index is -0.620. The molecule has 3 rings (SSSR count). The number of fused-ring (bicyclic) bond motifs is 2. The molecule has 2 bridgehead atoms. The molecule has 1 saturated carbocycles. The van der Waals surface area contributed by atoms with Gasteiger partial charge in [0.25, 0.3) is 5.91 Å². The van der Waals surface area contributed by atoms with Crippen LogP contribution in [-0.4, -0.2) is 50.2 Å². The molecular formula is C21H28ClNO5. The fraction of sp³-hybridized carbons (Fsp3) is 0.619. The van der Waals surface area contributed by atoms with Crippen molar-refractivity contribution < 1.29 is 23.8 Å². The smallest absolute Gasteiger partial charge is 0.338 e. The topological polar surface area (TPSA) is 65.1 Å². The molecule has 1 amide bonds. The van der Waals surface area contributed by atoms with Gasteiger partial charge in [-0.1, -0.05) is 32.4 Å². The van der Waals surface area contributed by atoms with Gasteiger partial charge in [-0.25, -0.2) is 4.79 Å². The number of esters is 1. The van der Waals surface area contributed by atoms with Crippen molar-refractivity contribution in [3.63, 3.8) is 0 Å². The van der Waals surface area contributed by atoms with Crippen LogP contribution in [0.4, 0.5) is 0 Å². The quantitative estimate of drug-likeness (QED) is 0.689. The Bertz CT molecular complexity index is 793. The number of halogens is 1. The summed E-state index contributed by atoms with van der Waals surface area (Å²) in [6.45, 7) is 7.20. The number of hydrogen-bond donors (Lipinski definition) is 0. The van der Waals surface area contributed by atoms with Crippen molar-refractivity contribution in [1.29, 1.82) is 0 Å². The molecule has 1 heterocycles. The Morgan fingerprint density at radius 1 is 1.18 bits per heavy atom. The maximum atomic E-state index is 12.7. The van der Waals surface area contributed by atoms with Crippen molar-refractivity contribution in [2.24, 2.45) is 10.8 Å². The van der Waals surface area contributed by atoms with E-state index in [4.69, 9.17) is 25.8 Å². The van der Waals surface area contributed by atoms with Crippen molar-refractivity contribution in [2.75, 3.05) is 27.4 Å². The molecular weight excluding hydrogens is 382 g/mol. The maximum absolute atomic E-state index is 12.7. The van der Waals surface area contributed by atoms with Crippen molar-refractivity contribution in [3.8, 4) is 11.5 Å². The van der Waals surface area contributed by atoms with Gasteiger partial charge in [-0.2, -0.15) is 0 Å². The van der Waals surface area contributed by atoms with Crippen LogP contribution in [0, 0.1) is 10.8 Å². The predicted molar refractivity (Wildman–Crippen MR) is 106 cm³/mol. The van der Waals surface area contributed by atoms with E-state index in [1.54, 1.807) is 0 Å². The van der Waals surface area contributed by atoms with Crippen LogP contribution in [0.25, 0.3) is 0 Å². The van der Waals surface area contributed by atoms with E-state index in [2.05, 4.69) is 20.8 Å². The van der Waals surface area contributed by atoms with E-state index in [1.165, 1.54) is 26.4 Å². The summed E-state index contributed by atoms with van der Waals surface area (Å²) in [5.41, 5.74) is 0.576. The van der Waals surface area contributed by atoms with Crippen LogP contribution in [0.5, 0.6) is 11.5 Å². The molecule has 0 spiro atoms. The molecule has 0 radical (unpaired) electrons. The van der Waals surface area contributed by atoms with E-state index in [9.17, 15) is 9.59 Å². The second-order valence-electron chi connectivity index (χ2n) is 9.01. The molecule has 7 heteroatoms. The Morgan fingerprint density at radius 3 is 2.54 bits per heavy atom. The third-order valence-electron chi connectivity index (χ3n) is 5.73. The van der Waals surface area contributed by atoms with Gasteiger partial charge in [0.2, 0.25) is 0 Å². The monoisotopic (exact) mass is 409 g/mol. The first-order chi connectivity index (χ1) is 13.1. The number of hydrogen-bond acceptors (Lipinski definition) is 5. The van der Waals surface area contributed by atoms with Gasteiger partial charge in [-0.15, -0.1) is 0 Å². The van der Waals surface area contributed by atoms with Gasteiger partial charge in [-0.3, -0.25) is 4.79 Å². The average Bonchev–Trinajstić information content (AvgIpc) is 2.87. The zero-order valence-corrected chi connectivity index (χ0v) is 17.9. The molecule has 28 heavy (non-hydrogen) atoms. The van der Waals surface area contributed by atoms with Gasteiger partial charge < -0.3 is 19.1 Å². The third kappa shape index (κ3) is 4.07. The van der Waals surface area contributed by atoms with Gasteiger partial charge in [0.05, 0.1) is 24.8 Å². The lowest BCUT2D eigenvalue weighted by Gasteiger charge is -2.39. The summed E-state index contributed by atoms with van der Waals surface area (Å²) in [6.07, 6.45) is 3.10. The number of rotatable bonds is 5. The van der Waals surface area contributed by atoms with Crippen LogP contribution in [0.2, 0.25) is 5.02 Å². The van der Waals surface area contributed by atoms with Crippen LogP contribution in [0.3, 0.4) is 0 Å². The second kappa shape index (κ2) is 7.47. The fourth-order valence-electron chi connectivity index (χ4n) is 5.08. The number of benzene rings is 1. The summed E-state index contributed by atoms with van der Waals surface area (Å²) in [7, 11) is 2.93. The van der Waals surface area contributed by atoms with E-state index in [1.807, 2.05) is 4.90 Å². The molecule has 0 aromatic heterocycles. The molecule has 1 saturated heterocycles. The summed E-state index contributed by atoms with van der Waals surface area (Å²) in [5, 5.41) is 0.239. The highest BCUT2D eigenvalue weighted by atomic mass is 35.5. The average molecular weight is 410 g/mol. The Hall–Kier alpha value is -1.95. The minimum Gasteiger partial charge on any atom is -0.493 e. The Balaban J connectivity index is 1.65. The van der Waals surface area contributed by atoms with Crippen molar-refractivity contribution in [1.82, 2.24) is 4.90 Å². The zero-order valence-electron chi connectivity index (χ0n) is 17.1. The lowest BCUT2D eigenvalue weighted by molar-refractivity contribution is -0.135. The molecule has 154 valence electrons. The maximum Gasteiger partial charge on any atom is 0.338 e. The van der Waals surface area contributed by atoms with Crippen molar-refractivity contribution >= 4 is 23.5 Å². The van der Waals surface area contributed by atoms with Crippen molar-refractivity contribution in [3.05, 3.63) is 22.7 Å². The molecule has 6 nitrogen and oxygen atoms in total. The Morgan fingerprint density at radius 2 is 1.89 bits per heavy atom. The molecule has 0 unspecified atom stereocenters. The second-order valence-corrected chi connectivity index (χ2v) is 9.41. The number of amides is 1. The molecule has 1 aliphatic heterocycles. The van der Waals surface area contributed by atoms with Gasteiger partial charge in [0, 0.05) is 12.6 Å². The zero-order chi connectivity index (χ0) is 20.7. The first-order valence-corrected chi connectivity index (χ1v) is 9.83. The number of likely N-dealkylation sites (tertiary alicyclic amines) is 1.